The number of carbonyl (C=O) groups excluding carboxylic acids is 1. The van der Waals surface area contributed by atoms with Gasteiger partial charge < -0.3 is 4.74 Å². The van der Waals surface area contributed by atoms with Crippen molar-refractivity contribution in [3.63, 3.8) is 0 Å². The van der Waals surface area contributed by atoms with Crippen LogP contribution in [0.2, 0.25) is 19.6 Å². The summed E-state index contributed by atoms with van der Waals surface area (Å²) in [6, 6.07) is 19.3. The lowest BCUT2D eigenvalue weighted by atomic mass is 10.1. The van der Waals surface area contributed by atoms with Gasteiger partial charge in [-0.3, -0.25) is 4.84 Å². The molecule has 0 atom stereocenters. The summed E-state index contributed by atoms with van der Waals surface area (Å²) in [5.41, 5.74) is 6.63. The summed E-state index contributed by atoms with van der Waals surface area (Å²) in [4.78, 5) is 18.3. The van der Waals surface area contributed by atoms with Gasteiger partial charge in [0.25, 0.3) is 0 Å². The van der Waals surface area contributed by atoms with Crippen molar-refractivity contribution in [2.75, 3.05) is 6.61 Å². The van der Waals surface area contributed by atoms with Gasteiger partial charge in [-0.15, -0.1) is 5.54 Å². The predicted octanol–water partition coefficient (Wildman–Crippen LogP) is 4.86. The van der Waals surface area contributed by atoms with Gasteiger partial charge in [0, 0.05) is 5.56 Å². The lowest BCUT2D eigenvalue weighted by Gasteiger charge is -2.18. The van der Waals surface area contributed by atoms with E-state index in [2.05, 4.69) is 31.1 Å². The van der Waals surface area contributed by atoms with Crippen molar-refractivity contribution in [3.8, 4) is 11.5 Å². The Morgan fingerprint density at radius 1 is 1.07 bits per heavy atom. The Morgan fingerprint density at radius 2 is 1.70 bits per heavy atom. The van der Waals surface area contributed by atoms with Gasteiger partial charge in [-0.25, -0.2) is 4.79 Å². The number of hydroxylamine groups is 2. The smallest absolute Gasteiger partial charge is 0.439 e. The van der Waals surface area contributed by atoms with E-state index >= 15 is 0 Å². The molecule has 0 aliphatic carbocycles. The van der Waals surface area contributed by atoms with Crippen molar-refractivity contribution in [1.29, 1.82) is 0 Å². The second-order valence-corrected chi connectivity index (χ2v) is 12.1. The number of nitrogens with zero attached hydrogens (tertiary/aromatic N) is 1. The second kappa shape index (κ2) is 8.25. The first-order valence-corrected chi connectivity index (χ1v) is 12.4. The number of rotatable bonds is 3. The minimum atomic E-state index is -1.55. The van der Waals surface area contributed by atoms with E-state index in [0.717, 1.165) is 16.7 Å². The molecule has 0 bridgehead atoms. The summed E-state index contributed by atoms with van der Waals surface area (Å²) in [5.74, 6) is 3.25. The quantitative estimate of drug-likeness (QED) is 0.566. The molecule has 0 N–H and O–H groups in total. The van der Waals surface area contributed by atoms with Crippen LogP contribution in [0.5, 0.6) is 0 Å². The molecule has 0 saturated carbocycles. The van der Waals surface area contributed by atoms with Gasteiger partial charge >= 0.3 is 6.09 Å². The fourth-order valence-corrected chi connectivity index (χ4v) is 3.08. The molecule has 5 heteroatoms. The molecule has 1 aliphatic heterocycles. The maximum atomic E-state index is 12.7. The number of hydrogen-bond acceptors (Lipinski definition) is 3. The molecule has 0 unspecified atom stereocenters. The molecular weight excluding hydrogens is 354 g/mol. The molecule has 0 fully saturated rings. The zero-order valence-electron chi connectivity index (χ0n) is 15.9. The third kappa shape index (κ3) is 5.10. The highest BCUT2D eigenvalue weighted by atomic mass is 28.3. The first kappa shape index (κ1) is 19.0. The molecule has 0 aromatic heterocycles. The van der Waals surface area contributed by atoms with Gasteiger partial charge in [0.2, 0.25) is 0 Å². The third-order valence-corrected chi connectivity index (χ3v) is 4.71. The molecule has 27 heavy (non-hydrogen) atoms. The molecule has 1 aliphatic rings. The van der Waals surface area contributed by atoms with Crippen LogP contribution in [0.15, 0.2) is 66.2 Å². The molecule has 1 amide bonds. The normalized spacial score (nSPS) is 14.0. The minimum Gasteiger partial charge on any atom is -0.443 e. The largest absolute Gasteiger partial charge is 0.443 e. The maximum Gasteiger partial charge on any atom is 0.439 e. The highest BCUT2D eigenvalue weighted by Gasteiger charge is 2.31. The average molecular weight is 378 g/mol. The zero-order chi connectivity index (χ0) is 19.3. The van der Waals surface area contributed by atoms with Gasteiger partial charge in [0.05, 0.1) is 11.3 Å². The van der Waals surface area contributed by atoms with Crippen molar-refractivity contribution in [2.24, 2.45) is 0 Å². The molecule has 2 aromatic rings. The van der Waals surface area contributed by atoms with Crippen LogP contribution in [0.3, 0.4) is 0 Å². The van der Waals surface area contributed by atoms with Gasteiger partial charge in [0.15, 0.2) is 0 Å². The van der Waals surface area contributed by atoms with Gasteiger partial charge in [0.1, 0.15) is 21.3 Å². The van der Waals surface area contributed by atoms with Crippen LogP contribution in [0, 0.1) is 11.5 Å². The van der Waals surface area contributed by atoms with E-state index in [1.54, 1.807) is 0 Å². The maximum absolute atomic E-state index is 12.7. The number of ether oxygens (including phenoxy) is 1. The third-order valence-electron chi connectivity index (χ3n) is 3.83. The highest BCUT2D eigenvalue weighted by molar-refractivity contribution is 6.83. The Bertz CT molecular complexity index is 890. The summed E-state index contributed by atoms with van der Waals surface area (Å²) < 4.78 is 5.45. The average Bonchev–Trinajstić information content (AvgIpc) is 3.09. The summed E-state index contributed by atoms with van der Waals surface area (Å²) in [5, 5.41) is 1.23. The summed E-state index contributed by atoms with van der Waals surface area (Å²) in [6.45, 7) is 7.01. The van der Waals surface area contributed by atoms with Crippen LogP contribution >= 0.6 is 0 Å². The van der Waals surface area contributed by atoms with E-state index in [0.29, 0.717) is 5.70 Å². The molecule has 0 saturated heterocycles. The number of carbonyl (C=O) groups is 1. The number of amides is 1. The first-order valence-electron chi connectivity index (χ1n) is 8.89. The fraction of sp³-hybridized carbons (Fsp3) is 0.227. The van der Waals surface area contributed by atoms with Crippen molar-refractivity contribution < 1.29 is 14.4 Å². The molecule has 2 aromatic carbocycles. The summed E-state index contributed by atoms with van der Waals surface area (Å²) in [7, 11) is -1.55. The molecule has 0 radical (unpaired) electrons. The van der Waals surface area contributed by atoms with Crippen molar-refractivity contribution in [3.05, 3.63) is 77.4 Å². The lowest BCUT2D eigenvalue weighted by Crippen LogP contribution is -2.27. The minimum absolute atomic E-state index is 0.192. The van der Waals surface area contributed by atoms with Crippen molar-refractivity contribution >= 4 is 19.9 Å². The van der Waals surface area contributed by atoms with Crippen LogP contribution < -0.4 is 0 Å². The van der Waals surface area contributed by atoms with Crippen molar-refractivity contribution in [2.45, 2.75) is 26.2 Å². The number of benzene rings is 2. The predicted molar refractivity (Wildman–Crippen MR) is 109 cm³/mol. The van der Waals surface area contributed by atoms with Crippen LogP contribution in [0.1, 0.15) is 11.1 Å². The lowest BCUT2D eigenvalue weighted by molar-refractivity contribution is -0.0695. The van der Waals surface area contributed by atoms with Crippen LogP contribution in [-0.2, 0) is 16.2 Å². The Morgan fingerprint density at radius 3 is 2.33 bits per heavy atom. The van der Waals surface area contributed by atoms with Crippen LogP contribution in [-0.4, -0.2) is 25.8 Å². The van der Waals surface area contributed by atoms with Crippen LogP contribution in [0.4, 0.5) is 4.79 Å². The Kier molecular flexibility index (Phi) is 5.80. The van der Waals surface area contributed by atoms with Crippen LogP contribution in [0.25, 0.3) is 5.70 Å². The Balaban J connectivity index is 1.86. The topological polar surface area (TPSA) is 38.8 Å². The monoisotopic (exact) mass is 377 g/mol. The zero-order valence-corrected chi connectivity index (χ0v) is 16.9. The Labute approximate surface area is 161 Å². The molecule has 3 rings (SSSR count). The Hall–Kier alpha value is -2.81. The van der Waals surface area contributed by atoms with Crippen molar-refractivity contribution in [1.82, 2.24) is 5.06 Å². The summed E-state index contributed by atoms with van der Waals surface area (Å²) in [6.07, 6.45) is -0.539. The molecule has 0 spiro atoms. The van der Waals surface area contributed by atoms with Gasteiger partial charge in [-0.1, -0.05) is 86.2 Å². The van der Waals surface area contributed by atoms with E-state index in [1.807, 2.05) is 60.7 Å². The standard InChI is InChI=1S/C22H23NO3Si/c1-27(2,3)15-14-20-17-26-23(21(20)19-12-8-5-9-13-19)22(24)25-16-18-10-6-4-7-11-18/h4-13H,16-17H2,1-3H3. The van der Waals surface area contributed by atoms with E-state index < -0.39 is 14.2 Å². The van der Waals surface area contributed by atoms with E-state index in [4.69, 9.17) is 9.57 Å². The SMILES string of the molecule is C[Si](C)(C)C#CC1=C(c2ccccc2)N(C(=O)OCc2ccccc2)OC1. The first-order chi connectivity index (χ1) is 12.9. The molecular formula is C22H23NO3Si. The van der Waals surface area contributed by atoms with E-state index in [9.17, 15) is 4.79 Å². The molecule has 1 heterocycles. The second-order valence-electron chi connectivity index (χ2n) is 7.30. The fourth-order valence-electron chi connectivity index (χ4n) is 2.55. The van der Waals surface area contributed by atoms with Gasteiger partial charge in [-0.2, -0.15) is 5.06 Å². The van der Waals surface area contributed by atoms with E-state index in [1.165, 1.54) is 5.06 Å². The summed E-state index contributed by atoms with van der Waals surface area (Å²) >= 11 is 0. The highest BCUT2D eigenvalue weighted by Crippen LogP contribution is 2.30. The number of hydrogen-bond donors (Lipinski definition) is 0. The van der Waals surface area contributed by atoms with Gasteiger partial charge in [-0.05, 0) is 5.56 Å². The molecule has 4 nitrogen and oxygen atoms in total. The van der Waals surface area contributed by atoms with E-state index in [-0.39, 0.29) is 13.2 Å². The molecule has 138 valence electrons.